The molecule has 5 heteroatoms. The molecule has 0 heterocycles. The van der Waals surface area contributed by atoms with Gasteiger partial charge in [-0.2, -0.15) is 0 Å². The molecule has 0 unspecified atom stereocenters. The van der Waals surface area contributed by atoms with Crippen molar-refractivity contribution in [2.24, 2.45) is 0 Å². The molecule has 0 fully saturated rings. The first kappa shape index (κ1) is 46.9. The molecule has 0 bridgehead atoms. The molecule has 0 aromatic heterocycles. The maximum absolute atomic E-state index is 13.1. The van der Waals surface area contributed by atoms with Gasteiger partial charge in [0.1, 0.15) is 6.61 Å². The molecule has 0 aliphatic heterocycles. The Labute approximate surface area is 305 Å². The van der Waals surface area contributed by atoms with Gasteiger partial charge in [0.25, 0.3) is 0 Å². The quantitative estimate of drug-likeness (QED) is 0.0289. The first-order valence-electron chi connectivity index (χ1n) is 20.6. The predicted octanol–water partition coefficient (Wildman–Crippen LogP) is 12.1. The average Bonchev–Trinajstić information content (AvgIpc) is 3.07. The lowest BCUT2D eigenvalue weighted by molar-refractivity contribution is -0.870. The van der Waals surface area contributed by atoms with Gasteiger partial charge in [-0.25, -0.2) is 0 Å². The van der Waals surface area contributed by atoms with E-state index < -0.39 is 0 Å². The van der Waals surface area contributed by atoms with Crippen molar-refractivity contribution in [1.82, 2.24) is 4.90 Å². The standard InChI is InChI=1S/C44H81N2O3/c1-6-8-10-12-14-16-18-20-22-24-26-28-30-32-34-37-43(47)45(39-36-41-46(3,4)5)40-42-49-44(48)38-35-33-31-29-27-25-23-21-19-17-15-13-11-9-7-2/h14-17,20-23H,6-13,18-19,24-42H2,1-5H3/q+1. The predicted molar refractivity (Wildman–Crippen MR) is 214 cm³/mol. The summed E-state index contributed by atoms with van der Waals surface area (Å²) < 4.78 is 6.44. The number of unbranched alkanes of at least 4 members (excludes halogenated alkanes) is 16. The summed E-state index contributed by atoms with van der Waals surface area (Å²) in [6.45, 7) is 7.05. The SMILES string of the molecule is CCCCCC=CCC=CCCCCCCCC(=O)OCCN(CCC[N+](C)(C)C)C(=O)CCCCCCCC=CCC=CCCCCC. The third-order valence-corrected chi connectivity index (χ3v) is 8.91. The summed E-state index contributed by atoms with van der Waals surface area (Å²) in [5.74, 6) is 0.0787. The molecule has 5 nitrogen and oxygen atoms in total. The Balaban J connectivity index is 4.08. The maximum atomic E-state index is 13.1. The summed E-state index contributed by atoms with van der Waals surface area (Å²) >= 11 is 0. The Morgan fingerprint density at radius 1 is 0.510 bits per heavy atom. The molecular formula is C44H81N2O3+. The average molecular weight is 686 g/mol. The number of hydrogen-bond donors (Lipinski definition) is 0. The third-order valence-electron chi connectivity index (χ3n) is 8.91. The number of rotatable bonds is 35. The van der Waals surface area contributed by atoms with Gasteiger partial charge in [0.15, 0.2) is 0 Å². The van der Waals surface area contributed by atoms with Crippen LogP contribution in [0.3, 0.4) is 0 Å². The summed E-state index contributed by atoms with van der Waals surface area (Å²) in [6.07, 6.45) is 46.3. The van der Waals surface area contributed by atoms with Gasteiger partial charge >= 0.3 is 5.97 Å². The molecule has 0 aromatic carbocycles. The monoisotopic (exact) mass is 686 g/mol. The molecule has 0 N–H and O–H groups in total. The lowest BCUT2D eigenvalue weighted by Gasteiger charge is -2.27. The van der Waals surface area contributed by atoms with E-state index in [1.54, 1.807) is 0 Å². The van der Waals surface area contributed by atoms with Crippen LogP contribution in [0.4, 0.5) is 0 Å². The lowest BCUT2D eigenvalue weighted by atomic mass is 10.1. The normalized spacial score (nSPS) is 12.3. The van der Waals surface area contributed by atoms with Crippen molar-refractivity contribution in [2.45, 2.75) is 174 Å². The third kappa shape index (κ3) is 37.0. The van der Waals surface area contributed by atoms with Crippen molar-refractivity contribution < 1.29 is 18.8 Å². The summed E-state index contributed by atoms with van der Waals surface area (Å²) in [5.41, 5.74) is 0. The van der Waals surface area contributed by atoms with Gasteiger partial charge < -0.3 is 14.1 Å². The van der Waals surface area contributed by atoms with E-state index in [0.717, 1.165) is 75.4 Å². The molecule has 0 aliphatic rings. The Kier molecular flexibility index (Phi) is 34.1. The molecule has 0 saturated heterocycles. The van der Waals surface area contributed by atoms with Crippen molar-refractivity contribution in [1.29, 1.82) is 0 Å². The van der Waals surface area contributed by atoms with Crippen LogP contribution in [-0.4, -0.2) is 68.6 Å². The van der Waals surface area contributed by atoms with Crippen LogP contribution in [0.25, 0.3) is 0 Å². The van der Waals surface area contributed by atoms with Gasteiger partial charge in [-0.1, -0.05) is 127 Å². The minimum absolute atomic E-state index is 0.127. The molecular weight excluding hydrogens is 604 g/mol. The molecule has 0 saturated carbocycles. The van der Waals surface area contributed by atoms with Gasteiger partial charge in [-0.05, 0) is 77.0 Å². The number of quaternary nitrogens is 1. The number of carbonyl (C=O) groups excluding carboxylic acids is 2. The fraction of sp³-hybridized carbons (Fsp3) is 0.773. The highest BCUT2D eigenvalue weighted by atomic mass is 16.5. The van der Waals surface area contributed by atoms with Crippen molar-refractivity contribution in [2.75, 3.05) is 47.4 Å². The van der Waals surface area contributed by atoms with Crippen molar-refractivity contribution in [3.8, 4) is 0 Å². The Hall–Kier alpha value is -2.14. The zero-order valence-electron chi connectivity index (χ0n) is 33.2. The number of amides is 1. The maximum Gasteiger partial charge on any atom is 0.305 e. The lowest BCUT2D eigenvalue weighted by Crippen LogP contribution is -2.40. The Morgan fingerprint density at radius 2 is 0.939 bits per heavy atom. The number of ether oxygens (including phenoxy) is 1. The molecule has 49 heavy (non-hydrogen) atoms. The summed E-state index contributed by atoms with van der Waals surface area (Å²) in [4.78, 5) is 27.4. The zero-order chi connectivity index (χ0) is 36.1. The molecule has 0 rings (SSSR count). The van der Waals surface area contributed by atoms with Crippen LogP contribution < -0.4 is 0 Å². The fourth-order valence-corrected chi connectivity index (χ4v) is 5.77. The van der Waals surface area contributed by atoms with Crippen LogP contribution in [0, 0.1) is 0 Å². The van der Waals surface area contributed by atoms with E-state index in [2.05, 4.69) is 83.6 Å². The zero-order valence-corrected chi connectivity index (χ0v) is 33.2. The smallest absolute Gasteiger partial charge is 0.305 e. The highest BCUT2D eigenvalue weighted by Crippen LogP contribution is 2.12. The molecule has 0 aromatic rings. The van der Waals surface area contributed by atoms with E-state index in [1.165, 1.54) is 89.9 Å². The Morgan fingerprint density at radius 3 is 1.41 bits per heavy atom. The van der Waals surface area contributed by atoms with Crippen molar-refractivity contribution in [3.05, 3.63) is 48.6 Å². The van der Waals surface area contributed by atoms with Crippen LogP contribution >= 0.6 is 0 Å². The first-order chi connectivity index (χ1) is 23.8. The van der Waals surface area contributed by atoms with Crippen molar-refractivity contribution >= 4 is 11.9 Å². The number of allylic oxidation sites excluding steroid dienone is 8. The summed E-state index contributed by atoms with van der Waals surface area (Å²) in [6, 6.07) is 0. The highest BCUT2D eigenvalue weighted by molar-refractivity contribution is 5.76. The fourth-order valence-electron chi connectivity index (χ4n) is 5.77. The van der Waals surface area contributed by atoms with E-state index in [0.29, 0.717) is 26.0 Å². The van der Waals surface area contributed by atoms with Gasteiger partial charge in [-0.3, -0.25) is 9.59 Å². The minimum Gasteiger partial charge on any atom is -0.464 e. The number of esters is 1. The van der Waals surface area contributed by atoms with Gasteiger partial charge in [0.05, 0.1) is 34.2 Å². The largest absolute Gasteiger partial charge is 0.464 e. The van der Waals surface area contributed by atoms with Gasteiger partial charge in [-0.15, -0.1) is 0 Å². The number of nitrogens with zero attached hydrogens (tertiary/aromatic N) is 2. The molecule has 284 valence electrons. The molecule has 0 spiro atoms. The van der Waals surface area contributed by atoms with Crippen LogP contribution in [-0.2, 0) is 14.3 Å². The molecule has 1 amide bonds. The molecule has 0 atom stereocenters. The van der Waals surface area contributed by atoms with E-state index in [9.17, 15) is 9.59 Å². The summed E-state index contributed by atoms with van der Waals surface area (Å²) in [7, 11) is 6.55. The Bertz CT molecular complexity index is 868. The van der Waals surface area contributed by atoms with E-state index in [-0.39, 0.29) is 11.9 Å². The van der Waals surface area contributed by atoms with Crippen LogP contribution in [0.5, 0.6) is 0 Å². The topological polar surface area (TPSA) is 46.6 Å². The second-order valence-corrected chi connectivity index (χ2v) is 14.9. The highest BCUT2D eigenvalue weighted by Gasteiger charge is 2.16. The molecule has 0 aliphatic carbocycles. The molecule has 0 radical (unpaired) electrons. The second-order valence-electron chi connectivity index (χ2n) is 14.9. The van der Waals surface area contributed by atoms with E-state index >= 15 is 0 Å². The van der Waals surface area contributed by atoms with Crippen LogP contribution in [0.2, 0.25) is 0 Å². The van der Waals surface area contributed by atoms with E-state index in [4.69, 9.17) is 4.74 Å². The van der Waals surface area contributed by atoms with Gasteiger partial charge in [0, 0.05) is 25.8 Å². The first-order valence-corrected chi connectivity index (χ1v) is 20.6. The second kappa shape index (κ2) is 35.7. The number of hydrogen-bond acceptors (Lipinski definition) is 3. The van der Waals surface area contributed by atoms with Crippen LogP contribution in [0.15, 0.2) is 48.6 Å². The minimum atomic E-state index is -0.127. The number of carbonyl (C=O) groups is 2. The van der Waals surface area contributed by atoms with E-state index in [1.807, 2.05) is 4.90 Å². The summed E-state index contributed by atoms with van der Waals surface area (Å²) in [5, 5.41) is 0. The van der Waals surface area contributed by atoms with Crippen LogP contribution in [0.1, 0.15) is 174 Å². The van der Waals surface area contributed by atoms with Gasteiger partial charge in [0.2, 0.25) is 5.91 Å². The van der Waals surface area contributed by atoms with Crippen molar-refractivity contribution in [3.63, 3.8) is 0 Å².